The Hall–Kier alpha value is -1.81. The summed E-state index contributed by atoms with van der Waals surface area (Å²) in [6, 6.07) is 17.3. The summed E-state index contributed by atoms with van der Waals surface area (Å²) in [4.78, 5) is 0. The van der Waals surface area contributed by atoms with Crippen molar-refractivity contribution in [2.45, 2.75) is 25.5 Å². The molecule has 0 heterocycles. The molecule has 0 amide bonds. The summed E-state index contributed by atoms with van der Waals surface area (Å²) < 4.78 is 30.1. The van der Waals surface area contributed by atoms with Gasteiger partial charge in [0.05, 0.1) is 18.1 Å². The van der Waals surface area contributed by atoms with E-state index in [0.29, 0.717) is 18.8 Å². The van der Waals surface area contributed by atoms with Crippen LogP contribution in [0.3, 0.4) is 0 Å². The molecule has 2 aromatic rings. The molecule has 2 aromatic carbocycles. The van der Waals surface area contributed by atoms with Gasteiger partial charge in [-0.25, -0.2) is 8.42 Å². The highest BCUT2D eigenvalue weighted by atomic mass is 32.2. The van der Waals surface area contributed by atoms with E-state index < -0.39 is 9.84 Å². The summed E-state index contributed by atoms with van der Waals surface area (Å²) in [5, 5.41) is 0. The van der Waals surface area contributed by atoms with Gasteiger partial charge in [0, 0.05) is 5.56 Å². The summed E-state index contributed by atoms with van der Waals surface area (Å²) >= 11 is 0. The Morgan fingerprint density at radius 3 is 2.36 bits per heavy atom. The highest BCUT2D eigenvalue weighted by Crippen LogP contribution is 2.21. The number of benzene rings is 2. The lowest BCUT2D eigenvalue weighted by Crippen LogP contribution is -2.11. The lowest BCUT2D eigenvalue weighted by Gasteiger charge is -2.10. The summed E-state index contributed by atoms with van der Waals surface area (Å²) in [6.45, 7) is 2.43. The van der Waals surface area contributed by atoms with Gasteiger partial charge in [0.25, 0.3) is 0 Å². The lowest BCUT2D eigenvalue weighted by atomic mass is 10.1. The molecular weight excluding hydrogens is 296 g/mol. The van der Waals surface area contributed by atoms with E-state index in [1.807, 2.05) is 61.5 Å². The van der Waals surface area contributed by atoms with Crippen LogP contribution in [0.25, 0.3) is 0 Å². The number of rotatable bonds is 8. The molecule has 0 saturated carbocycles. The first kappa shape index (κ1) is 16.6. The number of hydrogen-bond donors (Lipinski definition) is 0. The molecule has 0 aromatic heterocycles. The molecule has 0 aliphatic heterocycles. The maximum atomic E-state index is 12.3. The van der Waals surface area contributed by atoms with E-state index in [1.165, 1.54) is 5.56 Å². The van der Waals surface area contributed by atoms with Crippen molar-refractivity contribution < 1.29 is 13.2 Å². The van der Waals surface area contributed by atoms with E-state index in [2.05, 4.69) is 0 Å². The van der Waals surface area contributed by atoms with Crippen LogP contribution < -0.4 is 4.74 Å². The van der Waals surface area contributed by atoms with Crippen molar-refractivity contribution in [3.63, 3.8) is 0 Å². The van der Waals surface area contributed by atoms with Gasteiger partial charge >= 0.3 is 0 Å². The van der Waals surface area contributed by atoms with Crippen molar-refractivity contribution >= 4 is 9.84 Å². The van der Waals surface area contributed by atoms with Crippen molar-refractivity contribution in [1.29, 1.82) is 0 Å². The largest absolute Gasteiger partial charge is 0.494 e. The van der Waals surface area contributed by atoms with E-state index in [1.54, 1.807) is 0 Å². The molecule has 0 aliphatic rings. The average Bonchev–Trinajstić information content (AvgIpc) is 2.50. The van der Waals surface area contributed by atoms with Crippen molar-refractivity contribution in [2.75, 3.05) is 12.4 Å². The predicted molar refractivity (Wildman–Crippen MR) is 89.9 cm³/mol. The fraction of sp³-hybridized carbons (Fsp3) is 0.333. The van der Waals surface area contributed by atoms with Gasteiger partial charge in [0.2, 0.25) is 0 Å². The number of para-hydroxylation sites is 1. The summed E-state index contributed by atoms with van der Waals surface area (Å²) in [6.07, 6.45) is 1.43. The fourth-order valence-electron chi connectivity index (χ4n) is 2.37. The Bertz CT molecular complexity index is 678. The van der Waals surface area contributed by atoms with Crippen molar-refractivity contribution in [3.05, 3.63) is 65.7 Å². The second-order valence-corrected chi connectivity index (χ2v) is 7.41. The molecule has 0 saturated heterocycles. The zero-order chi connectivity index (χ0) is 15.8. The lowest BCUT2D eigenvalue weighted by molar-refractivity contribution is 0.337. The van der Waals surface area contributed by atoms with Crippen molar-refractivity contribution in [3.8, 4) is 5.75 Å². The Labute approximate surface area is 132 Å². The molecule has 22 heavy (non-hydrogen) atoms. The standard InChI is InChI=1S/C18H22O3S/c1-2-21-18-13-7-6-12-17(18)15-22(19,20)14-8-11-16-9-4-3-5-10-16/h3-7,9-10,12-13H,2,8,11,14-15H2,1H3. The van der Waals surface area contributed by atoms with Gasteiger partial charge in [0.15, 0.2) is 9.84 Å². The molecule has 0 spiro atoms. The molecule has 0 bridgehead atoms. The molecule has 118 valence electrons. The second kappa shape index (κ2) is 7.99. The van der Waals surface area contributed by atoms with E-state index in [9.17, 15) is 8.42 Å². The second-order valence-electron chi connectivity index (χ2n) is 5.22. The van der Waals surface area contributed by atoms with Gasteiger partial charge in [-0.1, -0.05) is 48.5 Å². The Morgan fingerprint density at radius 1 is 0.955 bits per heavy atom. The van der Waals surface area contributed by atoms with E-state index in [-0.39, 0.29) is 11.5 Å². The molecule has 0 atom stereocenters. The minimum Gasteiger partial charge on any atom is -0.494 e. The molecule has 3 nitrogen and oxygen atoms in total. The first-order chi connectivity index (χ1) is 10.6. The van der Waals surface area contributed by atoms with Gasteiger partial charge in [-0.05, 0) is 31.4 Å². The Balaban J connectivity index is 1.94. The number of sulfone groups is 1. The van der Waals surface area contributed by atoms with Crippen LogP contribution in [-0.4, -0.2) is 20.8 Å². The van der Waals surface area contributed by atoms with E-state index >= 15 is 0 Å². The zero-order valence-corrected chi connectivity index (χ0v) is 13.7. The van der Waals surface area contributed by atoms with Crippen molar-refractivity contribution in [1.82, 2.24) is 0 Å². The predicted octanol–water partition coefficient (Wildman–Crippen LogP) is 3.63. The average molecular weight is 318 g/mol. The van der Waals surface area contributed by atoms with Gasteiger partial charge < -0.3 is 4.74 Å². The first-order valence-corrected chi connectivity index (χ1v) is 9.38. The third-order valence-corrected chi connectivity index (χ3v) is 5.07. The maximum Gasteiger partial charge on any atom is 0.154 e. The quantitative estimate of drug-likeness (QED) is 0.746. The van der Waals surface area contributed by atoms with Crippen LogP contribution in [0, 0.1) is 0 Å². The first-order valence-electron chi connectivity index (χ1n) is 7.56. The molecule has 0 fully saturated rings. The third-order valence-electron chi connectivity index (χ3n) is 3.41. The molecule has 0 N–H and O–H groups in total. The van der Waals surface area contributed by atoms with Crippen LogP contribution in [0.5, 0.6) is 5.75 Å². The van der Waals surface area contributed by atoms with E-state index in [4.69, 9.17) is 4.74 Å². The molecule has 4 heteroatoms. The summed E-state index contributed by atoms with van der Waals surface area (Å²) in [7, 11) is -3.13. The van der Waals surface area contributed by atoms with Crippen LogP contribution in [0.2, 0.25) is 0 Å². The molecule has 0 aliphatic carbocycles. The van der Waals surface area contributed by atoms with Crippen LogP contribution in [-0.2, 0) is 22.0 Å². The normalized spacial score (nSPS) is 11.3. The number of ether oxygens (including phenoxy) is 1. The molecule has 0 unspecified atom stereocenters. The van der Waals surface area contributed by atoms with Crippen LogP contribution in [0.1, 0.15) is 24.5 Å². The highest BCUT2D eigenvalue weighted by Gasteiger charge is 2.15. The van der Waals surface area contributed by atoms with Gasteiger partial charge in [-0.2, -0.15) is 0 Å². The smallest absolute Gasteiger partial charge is 0.154 e. The molecule has 0 radical (unpaired) electrons. The Morgan fingerprint density at radius 2 is 1.64 bits per heavy atom. The SMILES string of the molecule is CCOc1ccccc1CS(=O)(=O)CCCc1ccccc1. The van der Waals surface area contributed by atoms with Crippen LogP contribution in [0.15, 0.2) is 54.6 Å². The van der Waals surface area contributed by atoms with Gasteiger partial charge in [-0.3, -0.25) is 0 Å². The van der Waals surface area contributed by atoms with Crippen molar-refractivity contribution in [2.24, 2.45) is 0 Å². The molecule has 2 rings (SSSR count). The van der Waals surface area contributed by atoms with Crippen LogP contribution >= 0.6 is 0 Å². The minimum atomic E-state index is -3.13. The topological polar surface area (TPSA) is 43.4 Å². The third kappa shape index (κ3) is 5.19. The minimum absolute atomic E-state index is 0.0396. The van der Waals surface area contributed by atoms with E-state index in [0.717, 1.165) is 12.0 Å². The monoisotopic (exact) mass is 318 g/mol. The van der Waals surface area contributed by atoms with Gasteiger partial charge in [-0.15, -0.1) is 0 Å². The summed E-state index contributed by atoms with van der Waals surface area (Å²) in [5.41, 5.74) is 1.91. The number of aryl methyl sites for hydroxylation is 1. The Kier molecular flexibility index (Phi) is 6.01. The summed E-state index contributed by atoms with van der Waals surface area (Å²) in [5.74, 6) is 0.900. The fourth-order valence-corrected chi connectivity index (χ4v) is 3.81. The van der Waals surface area contributed by atoms with Crippen LogP contribution in [0.4, 0.5) is 0 Å². The molecular formula is C18H22O3S. The maximum absolute atomic E-state index is 12.3. The zero-order valence-electron chi connectivity index (χ0n) is 12.9. The highest BCUT2D eigenvalue weighted by molar-refractivity contribution is 7.90. The number of hydrogen-bond acceptors (Lipinski definition) is 3. The van der Waals surface area contributed by atoms with Gasteiger partial charge in [0.1, 0.15) is 5.75 Å².